The first-order valence-electron chi connectivity index (χ1n) is 12.9. The van der Waals surface area contributed by atoms with E-state index in [9.17, 15) is 30.3 Å². The molecule has 4 rings (SSSR count). The minimum atomic E-state index is -1.10. The zero-order valence-corrected chi connectivity index (χ0v) is 20.9. The number of ketones is 1. The Morgan fingerprint density at radius 1 is 1.12 bits per heavy atom. The van der Waals surface area contributed by atoms with Crippen LogP contribution < -0.4 is 0 Å². The van der Waals surface area contributed by atoms with Crippen LogP contribution in [0.3, 0.4) is 0 Å². The molecule has 0 unspecified atom stereocenters. The van der Waals surface area contributed by atoms with Gasteiger partial charge in [0.2, 0.25) is 0 Å². The van der Waals surface area contributed by atoms with E-state index >= 15 is 0 Å². The van der Waals surface area contributed by atoms with Gasteiger partial charge in [0.1, 0.15) is 0 Å². The van der Waals surface area contributed by atoms with E-state index in [1.165, 1.54) is 0 Å². The largest absolute Gasteiger partial charge is 0.393 e. The summed E-state index contributed by atoms with van der Waals surface area (Å²) in [4.78, 5) is 13.2. The maximum atomic E-state index is 13.2. The van der Waals surface area contributed by atoms with Crippen LogP contribution in [0.5, 0.6) is 0 Å². The monoisotopic (exact) mass is 464 g/mol. The number of aliphatic hydroxyl groups excluding tert-OH is 3. The van der Waals surface area contributed by atoms with Crippen molar-refractivity contribution < 1.29 is 30.3 Å². The molecule has 3 fully saturated rings. The number of allylic oxidation sites excluding steroid dienone is 1. The van der Waals surface area contributed by atoms with Gasteiger partial charge in [-0.1, -0.05) is 20.8 Å². The first kappa shape index (κ1) is 25.3. The maximum Gasteiger partial charge on any atom is 0.159 e. The van der Waals surface area contributed by atoms with Gasteiger partial charge in [-0.25, -0.2) is 0 Å². The zero-order valence-electron chi connectivity index (χ0n) is 20.9. The molecule has 0 aromatic carbocycles. The summed E-state index contributed by atoms with van der Waals surface area (Å²) < 4.78 is 0. The summed E-state index contributed by atoms with van der Waals surface area (Å²) in [7, 11) is 0. The van der Waals surface area contributed by atoms with Gasteiger partial charge in [-0.3, -0.25) is 4.79 Å². The lowest BCUT2D eigenvalue weighted by atomic mass is 9.46. The van der Waals surface area contributed by atoms with E-state index in [0.29, 0.717) is 25.7 Å². The van der Waals surface area contributed by atoms with Crippen LogP contribution in [0.25, 0.3) is 0 Å². The van der Waals surface area contributed by atoms with Gasteiger partial charge >= 0.3 is 0 Å². The SMILES string of the molecule is C[C@H]([C@H](O)CCC(C)(C)O)[C@H]1CC[C@@]2(O)C3=CC(=O)[C@@H]4C[C@H](O)[C@@H](O)C[C@]4(C)[C@H]3CC[C@]12C. The first-order valence-corrected chi connectivity index (χ1v) is 12.9. The highest BCUT2D eigenvalue weighted by Gasteiger charge is 2.67. The zero-order chi connectivity index (χ0) is 24.6. The summed E-state index contributed by atoms with van der Waals surface area (Å²) in [5.74, 6) is -0.264. The number of rotatable bonds is 5. The second kappa shape index (κ2) is 8.12. The van der Waals surface area contributed by atoms with Crippen LogP contribution in [0.4, 0.5) is 0 Å². The van der Waals surface area contributed by atoms with Crippen LogP contribution in [0.2, 0.25) is 0 Å². The predicted octanol–water partition coefficient (Wildman–Crippen LogP) is 2.74. The molecule has 6 nitrogen and oxygen atoms in total. The molecule has 0 aromatic heterocycles. The molecule has 0 heterocycles. The molecule has 10 atom stereocenters. The summed E-state index contributed by atoms with van der Waals surface area (Å²) >= 11 is 0. The summed E-state index contributed by atoms with van der Waals surface area (Å²) in [5, 5.41) is 53.9. The van der Waals surface area contributed by atoms with E-state index in [0.717, 1.165) is 24.8 Å². The Bertz CT molecular complexity index is 816. The van der Waals surface area contributed by atoms with E-state index in [2.05, 4.69) is 20.8 Å². The minimum absolute atomic E-state index is 0.00888. The van der Waals surface area contributed by atoms with Crippen molar-refractivity contribution in [2.24, 2.45) is 34.5 Å². The lowest BCUT2D eigenvalue weighted by molar-refractivity contribution is -0.154. The quantitative estimate of drug-likeness (QED) is 0.427. The molecule has 6 heteroatoms. The van der Waals surface area contributed by atoms with E-state index < -0.39 is 40.3 Å². The van der Waals surface area contributed by atoms with E-state index in [-0.39, 0.29) is 35.9 Å². The first-order chi connectivity index (χ1) is 15.1. The van der Waals surface area contributed by atoms with Gasteiger partial charge in [0.15, 0.2) is 5.78 Å². The van der Waals surface area contributed by atoms with Gasteiger partial charge in [0, 0.05) is 11.3 Å². The van der Waals surface area contributed by atoms with Crippen LogP contribution >= 0.6 is 0 Å². The number of fused-ring (bicyclic) bond motifs is 5. The van der Waals surface area contributed by atoms with Gasteiger partial charge in [-0.2, -0.15) is 0 Å². The smallest absolute Gasteiger partial charge is 0.159 e. The normalized spacial score (nSPS) is 47.3. The second-order valence-electron chi connectivity index (χ2n) is 12.9. The predicted molar refractivity (Wildman–Crippen MR) is 125 cm³/mol. The van der Waals surface area contributed by atoms with Gasteiger partial charge < -0.3 is 25.5 Å². The van der Waals surface area contributed by atoms with Crippen molar-refractivity contribution in [2.75, 3.05) is 0 Å². The molecule has 0 radical (unpaired) electrons. The Hall–Kier alpha value is -0.790. The average Bonchev–Trinajstić information content (AvgIpc) is 2.99. The molecule has 0 amide bonds. The third-order valence-electron chi connectivity index (χ3n) is 10.5. The Balaban J connectivity index is 1.62. The lowest BCUT2D eigenvalue weighted by Gasteiger charge is -2.60. The van der Waals surface area contributed by atoms with Crippen LogP contribution in [-0.2, 0) is 4.79 Å². The standard InChI is InChI=1S/C27H44O6/c1-15(20(28)8-9-24(2,3)32)16-7-11-27(33)18-12-21(29)19-13-22(30)23(31)14-25(19,4)17(18)6-10-26(16,27)5/h12,15-17,19-20,22-23,28,30-33H,6-11,13-14H2,1-5H3/t15-,16+,17-,19-,20+,22-,23-,25+,26+,27+/m0/s1. The van der Waals surface area contributed by atoms with Crippen LogP contribution in [0.1, 0.15) is 86.0 Å². The molecule has 3 saturated carbocycles. The van der Waals surface area contributed by atoms with Crippen molar-refractivity contribution in [2.45, 2.75) is 115 Å². The molecule has 0 spiro atoms. The third-order valence-corrected chi connectivity index (χ3v) is 10.5. The molecule has 0 bridgehead atoms. The molecule has 188 valence electrons. The number of carbonyl (C=O) groups excluding carboxylic acids is 1. The Morgan fingerprint density at radius 3 is 2.42 bits per heavy atom. The number of carbonyl (C=O) groups is 1. The third kappa shape index (κ3) is 3.85. The van der Waals surface area contributed by atoms with Crippen molar-refractivity contribution in [3.63, 3.8) is 0 Å². The molecular formula is C27H44O6. The highest BCUT2D eigenvalue weighted by molar-refractivity contribution is 5.95. The van der Waals surface area contributed by atoms with E-state index in [1.807, 2.05) is 0 Å². The fraction of sp³-hybridized carbons (Fsp3) is 0.889. The topological polar surface area (TPSA) is 118 Å². The molecule has 0 saturated heterocycles. The summed E-state index contributed by atoms with van der Waals surface area (Å²) in [6.07, 6.45) is 4.06. The molecule has 33 heavy (non-hydrogen) atoms. The summed E-state index contributed by atoms with van der Waals surface area (Å²) in [6, 6.07) is 0. The van der Waals surface area contributed by atoms with Crippen molar-refractivity contribution in [1.82, 2.24) is 0 Å². The molecule has 5 N–H and O–H groups in total. The Labute approximate surface area is 198 Å². The van der Waals surface area contributed by atoms with Crippen molar-refractivity contribution in [1.29, 1.82) is 0 Å². The van der Waals surface area contributed by atoms with Crippen molar-refractivity contribution in [3.05, 3.63) is 11.6 Å². The van der Waals surface area contributed by atoms with Crippen molar-refractivity contribution >= 4 is 5.78 Å². The highest BCUT2D eigenvalue weighted by atomic mass is 16.3. The molecule has 0 aromatic rings. The lowest BCUT2D eigenvalue weighted by Crippen LogP contribution is -2.61. The highest BCUT2D eigenvalue weighted by Crippen LogP contribution is 2.68. The molecule has 4 aliphatic rings. The van der Waals surface area contributed by atoms with E-state index in [4.69, 9.17) is 0 Å². The minimum Gasteiger partial charge on any atom is -0.393 e. The van der Waals surface area contributed by atoms with Gasteiger partial charge in [-0.15, -0.1) is 0 Å². The Kier molecular flexibility index (Phi) is 6.23. The summed E-state index contributed by atoms with van der Waals surface area (Å²) in [5.41, 5.74) is -2.01. The average molecular weight is 465 g/mol. The second-order valence-corrected chi connectivity index (χ2v) is 12.9. The number of hydrogen-bond acceptors (Lipinski definition) is 6. The van der Waals surface area contributed by atoms with Gasteiger partial charge in [-0.05, 0) is 100 Å². The van der Waals surface area contributed by atoms with Crippen molar-refractivity contribution in [3.8, 4) is 0 Å². The van der Waals surface area contributed by atoms with Gasteiger partial charge in [0.25, 0.3) is 0 Å². The summed E-state index contributed by atoms with van der Waals surface area (Å²) in [6.45, 7) is 9.74. The van der Waals surface area contributed by atoms with Crippen LogP contribution in [-0.4, -0.2) is 60.8 Å². The number of aliphatic hydroxyl groups is 5. The Morgan fingerprint density at radius 2 is 1.79 bits per heavy atom. The number of hydrogen-bond donors (Lipinski definition) is 5. The van der Waals surface area contributed by atoms with Gasteiger partial charge in [0.05, 0.1) is 29.5 Å². The van der Waals surface area contributed by atoms with E-state index in [1.54, 1.807) is 19.9 Å². The van der Waals surface area contributed by atoms with Crippen LogP contribution in [0, 0.1) is 34.5 Å². The fourth-order valence-electron chi connectivity index (χ4n) is 8.29. The van der Waals surface area contributed by atoms with Crippen LogP contribution in [0.15, 0.2) is 11.6 Å². The molecule has 4 aliphatic carbocycles. The molecular weight excluding hydrogens is 420 g/mol. The maximum absolute atomic E-state index is 13.2. The fourth-order valence-corrected chi connectivity index (χ4v) is 8.29. The molecule has 0 aliphatic heterocycles.